The molecule has 3 nitrogen and oxygen atoms in total. The summed E-state index contributed by atoms with van der Waals surface area (Å²) in [7, 11) is 0. The predicted molar refractivity (Wildman–Crippen MR) is 99.9 cm³/mol. The highest BCUT2D eigenvalue weighted by atomic mass is 32.2. The normalized spacial score (nSPS) is 22.3. The molecule has 0 aliphatic carbocycles. The molecule has 2 fully saturated rings. The van der Waals surface area contributed by atoms with Gasteiger partial charge in [-0.3, -0.25) is 0 Å². The van der Waals surface area contributed by atoms with Crippen LogP contribution in [0.2, 0.25) is 0 Å². The minimum atomic E-state index is 0.493. The summed E-state index contributed by atoms with van der Waals surface area (Å²) in [5.41, 5.74) is 2.63. The number of nitrogens with zero attached hydrogens (tertiary/aromatic N) is 2. The molecule has 1 aromatic carbocycles. The molecule has 0 spiro atoms. The third kappa shape index (κ3) is 3.57. The Labute approximate surface area is 146 Å². The van der Waals surface area contributed by atoms with Gasteiger partial charge >= 0.3 is 0 Å². The first-order valence-electron chi connectivity index (χ1n) is 8.37. The number of rotatable bonds is 3. The standard InChI is InChI=1S/C18H22N2OS2/c1-2-15(13-21-9-1)18-19-12-17(23-18)14-3-5-16(6-4-14)20-7-10-22-11-8-20/h3-6,12,15H,1-2,7-11,13H2. The Bertz CT molecular complexity index is 629. The van der Waals surface area contributed by atoms with Gasteiger partial charge in [-0.05, 0) is 30.5 Å². The number of hydrogen-bond acceptors (Lipinski definition) is 5. The van der Waals surface area contributed by atoms with Gasteiger partial charge in [0.25, 0.3) is 0 Å². The fraction of sp³-hybridized carbons (Fsp3) is 0.500. The van der Waals surface area contributed by atoms with E-state index in [9.17, 15) is 0 Å². The molecule has 0 radical (unpaired) electrons. The molecule has 0 amide bonds. The van der Waals surface area contributed by atoms with Crippen molar-refractivity contribution in [3.8, 4) is 10.4 Å². The first-order chi connectivity index (χ1) is 11.4. The van der Waals surface area contributed by atoms with E-state index in [0.29, 0.717) is 5.92 Å². The van der Waals surface area contributed by atoms with E-state index in [1.54, 1.807) is 0 Å². The van der Waals surface area contributed by atoms with Crippen LogP contribution in [0, 0.1) is 0 Å². The van der Waals surface area contributed by atoms with E-state index in [1.807, 2.05) is 17.5 Å². The fourth-order valence-electron chi connectivity index (χ4n) is 3.20. The maximum absolute atomic E-state index is 5.59. The third-order valence-electron chi connectivity index (χ3n) is 4.56. The maximum atomic E-state index is 5.59. The maximum Gasteiger partial charge on any atom is 0.0985 e. The van der Waals surface area contributed by atoms with Gasteiger partial charge in [0, 0.05) is 49.0 Å². The second-order valence-electron chi connectivity index (χ2n) is 6.12. The van der Waals surface area contributed by atoms with Crippen molar-refractivity contribution in [1.82, 2.24) is 4.98 Å². The molecule has 1 atom stereocenters. The zero-order chi connectivity index (χ0) is 15.5. The van der Waals surface area contributed by atoms with Crippen LogP contribution in [-0.2, 0) is 4.74 Å². The smallest absolute Gasteiger partial charge is 0.0985 e. The molecule has 0 saturated carbocycles. The number of benzene rings is 1. The van der Waals surface area contributed by atoms with E-state index in [4.69, 9.17) is 4.74 Å². The first-order valence-corrected chi connectivity index (χ1v) is 10.3. The van der Waals surface area contributed by atoms with Crippen LogP contribution in [0.5, 0.6) is 0 Å². The van der Waals surface area contributed by atoms with E-state index in [0.717, 1.165) is 32.7 Å². The van der Waals surface area contributed by atoms with Crippen LogP contribution < -0.4 is 4.90 Å². The number of aromatic nitrogens is 1. The number of thioether (sulfide) groups is 1. The van der Waals surface area contributed by atoms with E-state index in [1.165, 1.54) is 39.1 Å². The molecular weight excluding hydrogens is 324 g/mol. The molecule has 2 aliphatic rings. The van der Waals surface area contributed by atoms with Crippen LogP contribution in [0.3, 0.4) is 0 Å². The lowest BCUT2D eigenvalue weighted by Gasteiger charge is -2.28. The summed E-state index contributed by atoms with van der Waals surface area (Å²) in [6.07, 6.45) is 4.39. The quantitative estimate of drug-likeness (QED) is 0.829. The average Bonchev–Trinajstić information content (AvgIpc) is 3.14. The summed E-state index contributed by atoms with van der Waals surface area (Å²) in [6.45, 7) is 4.07. The zero-order valence-corrected chi connectivity index (χ0v) is 14.9. The fourth-order valence-corrected chi connectivity index (χ4v) is 5.15. The zero-order valence-electron chi connectivity index (χ0n) is 13.2. The summed E-state index contributed by atoms with van der Waals surface area (Å²) in [6, 6.07) is 9.00. The van der Waals surface area contributed by atoms with Crippen molar-refractivity contribution in [2.24, 2.45) is 0 Å². The minimum Gasteiger partial charge on any atom is -0.381 e. The van der Waals surface area contributed by atoms with Crippen LogP contribution in [0.25, 0.3) is 10.4 Å². The van der Waals surface area contributed by atoms with Crippen molar-refractivity contribution in [2.75, 3.05) is 42.7 Å². The average molecular weight is 347 g/mol. The SMILES string of the molecule is c1cc(N2CCSCC2)ccc1-c1cnc(C2CCCOC2)s1. The van der Waals surface area contributed by atoms with Gasteiger partial charge in [-0.25, -0.2) is 4.98 Å². The van der Waals surface area contributed by atoms with Crippen molar-refractivity contribution in [1.29, 1.82) is 0 Å². The minimum absolute atomic E-state index is 0.493. The Morgan fingerprint density at radius 3 is 2.70 bits per heavy atom. The Morgan fingerprint density at radius 2 is 1.96 bits per heavy atom. The monoisotopic (exact) mass is 346 g/mol. The highest BCUT2D eigenvalue weighted by molar-refractivity contribution is 7.99. The summed E-state index contributed by atoms with van der Waals surface area (Å²) >= 11 is 3.88. The van der Waals surface area contributed by atoms with Crippen molar-refractivity contribution >= 4 is 28.8 Å². The van der Waals surface area contributed by atoms with Gasteiger partial charge in [-0.1, -0.05) is 12.1 Å². The Kier molecular flexibility index (Phi) is 4.88. The van der Waals surface area contributed by atoms with Gasteiger partial charge < -0.3 is 9.64 Å². The molecule has 0 bridgehead atoms. The van der Waals surface area contributed by atoms with E-state index in [2.05, 4.69) is 45.9 Å². The Balaban J connectivity index is 1.48. The largest absolute Gasteiger partial charge is 0.381 e. The van der Waals surface area contributed by atoms with Crippen molar-refractivity contribution in [3.05, 3.63) is 35.5 Å². The molecule has 1 unspecified atom stereocenters. The van der Waals surface area contributed by atoms with Crippen LogP contribution >= 0.6 is 23.1 Å². The molecule has 3 heterocycles. The van der Waals surface area contributed by atoms with Crippen molar-refractivity contribution in [3.63, 3.8) is 0 Å². The third-order valence-corrected chi connectivity index (χ3v) is 6.71. The molecular formula is C18H22N2OS2. The molecule has 23 heavy (non-hydrogen) atoms. The molecule has 1 aromatic heterocycles. The number of ether oxygens (including phenoxy) is 1. The van der Waals surface area contributed by atoms with Crippen LogP contribution in [-0.4, -0.2) is 42.8 Å². The second-order valence-corrected chi connectivity index (χ2v) is 8.41. The van der Waals surface area contributed by atoms with Gasteiger partial charge in [0.2, 0.25) is 0 Å². The molecule has 2 aromatic rings. The van der Waals surface area contributed by atoms with Gasteiger partial charge in [-0.2, -0.15) is 11.8 Å². The Hall–Kier alpha value is -1.04. The van der Waals surface area contributed by atoms with E-state index in [-0.39, 0.29) is 0 Å². The molecule has 2 aliphatic heterocycles. The summed E-state index contributed by atoms with van der Waals surface area (Å²) in [4.78, 5) is 8.41. The lowest BCUT2D eigenvalue weighted by Crippen LogP contribution is -2.32. The Morgan fingerprint density at radius 1 is 1.13 bits per heavy atom. The van der Waals surface area contributed by atoms with Crippen molar-refractivity contribution < 1.29 is 4.74 Å². The van der Waals surface area contributed by atoms with Gasteiger partial charge in [0.15, 0.2) is 0 Å². The lowest BCUT2D eigenvalue weighted by atomic mass is 10.0. The summed E-state index contributed by atoms with van der Waals surface area (Å²) in [5.74, 6) is 2.97. The summed E-state index contributed by atoms with van der Waals surface area (Å²) in [5, 5.41) is 1.23. The highest BCUT2D eigenvalue weighted by Crippen LogP contribution is 2.34. The number of anilines is 1. The van der Waals surface area contributed by atoms with Gasteiger partial charge in [0.1, 0.15) is 0 Å². The van der Waals surface area contributed by atoms with Crippen LogP contribution in [0.4, 0.5) is 5.69 Å². The highest BCUT2D eigenvalue weighted by Gasteiger charge is 2.19. The lowest BCUT2D eigenvalue weighted by molar-refractivity contribution is 0.0804. The van der Waals surface area contributed by atoms with Gasteiger partial charge in [-0.15, -0.1) is 11.3 Å². The molecule has 2 saturated heterocycles. The van der Waals surface area contributed by atoms with E-state index >= 15 is 0 Å². The van der Waals surface area contributed by atoms with E-state index < -0.39 is 0 Å². The topological polar surface area (TPSA) is 25.4 Å². The number of thiazole rings is 1. The molecule has 5 heteroatoms. The predicted octanol–water partition coefficient (Wildman–Crippen LogP) is 4.26. The van der Waals surface area contributed by atoms with Crippen molar-refractivity contribution in [2.45, 2.75) is 18.8 Å². The molecule has 0 N–H and O–H groups in total. The van der Waals surface area contributed by atoms with Crippen LogP contribution in [0.15, 0.2) is 30.5 Å². The first kappa shape index (κ1) is 15.5. The molecule has 122 valence electrons. The van der Waals surface area contributed by atoms with Gasteiger partial charge in [0.05, 0.1) is 16.5 Å². The second kappa shape index (κ2) is 7.24. The summed E-state index contributed by atoms with van der Waals surface area (Å²) < 4.78 is 5.59. The number of hydrogen-bond donors (Lipinski definition) is 0. The van der Waals surface area contributed by atoms with Crippen LogP contribution in [0.1, 0.15) is 23.8 Å². The molecule has 4 rings (SSSR count).